The van der Waals surface area contributed by atoms with E-state index in [9.17, 15) is 9.59 Å². The zero-order chi connectivity index (χ0) is 14.7. The number of ether oxygens (including phenoxy) is 1. The second-order valence-electron chi connectivity index (χ2n) is 5.39. The van der Waals surface area contributed by atoms with E-state index in [4.69, 9.17) is 4.74 Å². The Hall–Kier alpha value is -2.14. The molecule has 1 atom stereocenters. The summed E-state index contributed by atoms with van der Waals surface area (Å²) < 4.78 is 4.80. The molecule has 110 valence electrons. The third-order valence-corrected chi connectivity index (χ3v) is 3.99. The van der Waals surface area contributed by atoms with Gasteiger partial charge in [-0.15, -0.1) is 0 Å². The smallest absolute Gasteiger partial charge is 0.416 e. The van der Waals surface area contributed by atoms with Crippen molar-refractivity contribution in [3.8, 4) is 0 Å². The van der Waals surface area contributed by atoms with Crippen LogP contribution in [0.1, 0.15) is 12.0 Å². The number of nitrogens with zero attached hydrogens (tertiary/aromatic N) is 1. The maximum atomic E-state index is 12.1. The lowest BCUT2D eigenvalue weighted by Crippen LogP contribution is -3.13. The Morgan fingerprint density at radius 3 is 2.71 bits per heavy atom. The fourth-order valence-corrected chi connectivity index (χ4v) is 2.79. The van der Waals surface area contributed by atoms with Gasteiger partial charge in [0.1, 0.15) is 6.61 Å². The second kappa shape index (κ2) is 6.10. The van der Waals surface area contributed by atoms with E-state index < -0.39 is 6.09 Å². The summed E-state index contributed by atoms with van der Waals surface area (Å²) in [7, 11) is 0. The van der Waals surface area contributed by atoms with Crippen molar-refractivity contribution in [2.75, 3.05) is 32.8 Å². The highest BCUT2D eigenvalue weighted by Gasteiger charge is 2.31. The number of cyclic esters (lactones) is 1. The predicted molar refractivity (Wildman–Crippen MR) is 77.7 cm³/mol. The fourth-order valence-electron chi connectivity index (χ4n) is 2.79. The molecule has 5 nitrogen and oxygen atoms in total. The van der Waals surface area contributed by atoms with Gasteiger partial charge in [0, 0.05) is 6.42 Å². The summed E-state index contributed by atoms with van der Waals surface area (Å²) in [5, 5.41) is 0. The Kier molecular flexibility index (Phi) is 4.01. The van der Waals surface area contributed by atoms with Crippen LogP contribution in [0.4, 0.5) is 4.79 Å². The molecule has 2 aliphatic rings. The summed E-state index contributed by atoms with van der Waals surface area (Å²) in [6, 6.07) is 10.3. The van der Waals surface area contributed by atoms with Crippen LogP contribution in [-0.4, -0.2) is 49.7 Å². The van der Waals surface area contributed by atoms with Crippen molar-refractivity contribution in [2.45, 2.75) is 6.42 Å². The summed E-state index contributed by atoms with van der Waals surface area (Å²) in [5.74, 6) is -0.135. The van der Waals surface area contributed by atoms with Crippen molar-refractivity contribution in [3.63, 3.8) is 0 Å². The SMILES string of the molecule is O=C(C[NH+]1CC=C(c2ccccc2)CC1)N1CCOC1=O. The highest BCUT2D eigenvalue weighted by molar-refractivity contribution is 5.93. The maximum absolute atomic E-state index is 12.1. The molecule has 0 aromatic heterocycles. The van der Waals surface area contributed by atoms with Gasteiger partial charge in [0.25, 0.3) is 5.91 Å². The number of carbonyl (C=O) groups excluding carboxylic acids is 2. The zero-order valence-corrected chi connectivity index (χ0v) is 11.9. The number of nitrogens with one attached hydrogen (secondary N) is 1. The van der Waals surface area contributed by atoms with Crippen LogP contribution in [-0.2, 0) is 9.53 Å². The average molecular weight is 287 g/mol. The molecule has 0 bridgehead atoms. The predicted octanol–water partition coefficient (Wildman–Crippen LogP) is 0.337. The molecule has 2 aliphatic heterocycles. The average Bonchev–Trinajstić information content (AvgIpc) is 2.95. The van der Waals surface area contributed by atoms with Crippen molar-refractivity contribution in [1.82, 2.24) is 4.90 Å². The van der Waals surface area contributed by atoms with Crippen LogP contribution >= 0.6 is 0 Å². The van der Waals surface area contributed by atoms with Gasteiger partial charge in [-0.1, -0.05) is 30.3 Å². The first-order chi connectivity index (χ1) is 10.2. The first kappa shape index (κ1) is 13.8. The molecule has 2 amide bonds. The van der Waals surface area contributed by atoms with Crippen LogP contribution in [0.25, 0.3) is 5.57 Å². The number of benzene rings is 1. The first-order valence-corrected chi connectivity index (χ1v) is 7.29. The van der Waals surface area contributed by atoms with Gasteiger partial charge >= 0.3 is 6.09 Å². The fraction of sp³-hybridized carbons (Fsp3) is 0.375. The molecular weight excluding hydrogens is 268 g/mol. The second-order valence-corrected chi connectivity index (χ2v) is 5.39. The lowest BCUT2D eigenvalue weighted by atomic mass is 10.00. The Morgan fingerprint density at radius 2 is 2.10 bits per heavy atom. The molecule has 0 spiro atoms. The van der Waals surface area contributed by atoms with Crippen molar-refractivity contribution in [1.29, 1.82) is 0 Å². The Bertz CT molecular complexity index is 568. The number of hydrogen-bond acceptors (Lipinski definition) is 3. The molecule has 1 aromatic carbocycles. The van der Waals surface area contributed by atoms with Gasteiger partial charge in [-0.25, -0.2) is 9.69 Å². The quantitative estimate of drug-likeness (QED) is 0.872. The molecule has 1 saturated heterocycles. The largest absolute Gasteiger partial charge is 0.447 e. The Balaban J connectivity index is 1.57. The number of hydrogen-bond donors (Lipinski definition) is 1. The van der Waals surface area contributed by atoms with Crippen LogP contribution < -0.4 is 4.90 Å². The molecule has 2 heterocycles. The molecule has 3 rings (SSSR count). The molecule has 0 saturated carbocycles. The van der Waals surface area contributed by atoms with E-state index in [1.807, 2.05) is 18.2 Å². The van der Waals surface area contributed by atoms with Gasteiger partial charge < -0.3 is 9.64 Å². The van der Waals surface area contributed by atoms with E-state index in [2.05, 4.69) is 18.2 Å². The monoisotopic (exact) mass is 287 g/mol. The number of quaternary nitrogens is 1. The summed E-state index contributed by atoms with van der Waals surface area (Å²) in [5.41, 5.74) is 2.60. The van der Waals surface area contributed by atoms with Gasteiger partial charge in [0.15, 0.2) is 6.54 Å². The van der Waals surface area contributed by atoms with Gasteiger partial charge in [-0.3, -0.25) is 4.79 Å². The number of imide groups is 1. The lowest BCUT2D eigenvalue weighted by Gasteiger charge is -2.24. The Labute approximate surface area is 123 Å². The summed E-state index contributed by atoms with van der Waals surface area (Å²) >= 11 is 0. The normalized spacial score (nSPS) is 21.9. The van der Waals surface area contributed by atoms with Crippen molar-refractivity contribution < 1.29 is 19.2 Å². The number of carbonyl (C=O) groups is 2. The molecule has 1 fully saturated rings. The summed E-state index contributed by atoms with van der Waals surface area (Å²) in [6.07, 6.45) is 2.65. The molecule has 21 heavy (non-hydrogen) atoms. The first-order valence-electron chi connectivity index (χ1n) is 7.29. The summed E-state index contributed by atoms with van der Waals surface area (Å²) in [4.78, 5) is 25.8. The van der Waals surface area contributed by atoms with E-state index in [1.54, 1.807) is 0 Å². The third-order valence-electron chi connectivity index (χ3n) is 3.99. The van der Waals surface area contributed by atoms with Gasteiger partial charge in [0.05, 0.1) is 19.6 Å². The maximum Gasteiger partial charge on any atom is 0.416 e. The molecule has 5 heteroatoms. The van der Waals surface area contributed by atoms with Gasteiger partial charge in [0.2, 0.25) is 0 Å². The van der Waals surface area contributed by atoms with Crippen molar-refractivity contribution in [3.05, 3.63) is 42.0 Å². The van der Waals surface area contributed by atoms with E-state index in [-0.39, 0.29) is 5.91 Å². The molecule has 1 unspecified atom stereocenters. The third kappa shape index (κ3) is 3.13. The van der Waals surface area contributed by atoms with Crippen LogP contribution in [0.3, 0.4) is 0 Å². The highest BCUT2D eigenvalue weighted by atomic mass is 16.6. The van der Waals surface area contributed by atoms with Crippen molar-refractivity contribution in [2.24, 2.45) is 0 Å². The Morgan fingerprint density at radius 1 is 1.29 bits per heavy atom. The minimum absolute atomic E-state index is 0.135. The molecule has 1 N–H and O–H groups in total. The standard InChI is InChI=1S/C16H18N2O3/c19-15(18-10-11-21-16(18)20)12-17-8-6-14(7-9-17)13-4-2-1-3-5-13/h1-6H,7-12H2/p+1. The van der Waals surface area contributed by atoms with Crippen LogP contribution in [0.2, 0.25) is 0 Å². The zero-order valence-electron chi connectivity index (χ0n) is 11.9. The van der Waals surface area contributed by atoms with Crippen LogP contribution in [0.5, 0.6) is 0 Å². The summed E-state index contributed by atoms with van der Waals surface area (Å²) in [6.45, 7) is 2.79. The molecule has 0 aliphatic carbocycles. The van der Waals surface area contributed by atoms with Crippen LogP contribution in [0, 0.1) is 0 Å². The minimum atomic E-state index is -0.503. The highest BCUT2D eigenvalue weighted by Crippen LogP contribution is 2.17. The number of rotatable bonds is 3. The van der Waals surface area contributed by atoms with Crippen LogP contribution in [0.15, 0.2) is 36.4 Å². The molecule has 1 aromatic rings. The van der Waals surface area contributed by atoms with Gasteiger partial charge in [-0.2, -0.15) is 0 Å². The minimum Gasteiger partial charge on any atom is -0.447 e. The topological polar surface area (TPSA) is 51.1 Å². The lowest BCUT2D eigenvalue weighted by molar-refractivity contribution is -0.887. The van der Waals surface area contributed by atoms with E-state index >= 15 is 0 Å². The molecule has 0 radical (unpaired) electrons. The van der Waals surface area contributed by atoms with E-state index in [1.165, 1.54) is 20.9 Å². The van der Waals surface area contributed by atoms with Crippen molar-refractivity contribution >= 4 is 17.6 Å². The van der Waals surface area contributed by atoms with Gasteiger partial charge in [-0.05, 0) is 17.2 Å². The molecular formula is C16H19N2O3+. The van der Waals surface area contributed by atoms with E-state index in [0.717, 1.165) is 19.5 Å². The van der Waals surface area contributed by atoms with E-state index in [0.29, 0.717) is 19.7 Å². The number of amides is 2.